The number of benzene rings is 2. The minimum atomic E-state index is -0.577. The van der Waals surface area contributed by atoms with E-state index in [-0.39, 0.29) is 5.56 Å². The molecule has 0 saturated heterocycles. The van der Waals surface area contributed by atoms with Crippen LogP contribution in [0.25, 0.3) is 11.1 Å². The summed E-state index contributed by atoms with van der Waals surface area (Å²) in [6.45, 7) is 0. The Morgan fingerprint density at radius 3 is 2.05 bits per heavy atom. The monoisotopic (exact) mass is 302 g/mol. The van der Waals surface area contributed by atoms with Gasteiger partial charge in [-0.2, -0.15) is 0 Å². The third-order valence-corrected chi connectivity index (χ3v) is 3.35. The molecule has 116 valence electrons. The van der Waals surface area contributed by atoms with Crippen LogP contribution in [0.3, 0.4) is 0 Å². The number of hydrogen-bond acceptors (Lipinski definition) is 5. The van der Waals surface area contributed by atoms with Gasteiger partial charge in [-0.3, -0.25) is 4.79 Å². The first-order chi connectivity index (χ1) is 10.5. The molecule has 0 aliphatic carbocycles. The van der Waals surface area contributed by atoms with Gasteiger partial charge in [0.15, 0.2) is 11.5 Å². The molecule has 0 unspecified atom stereocenters. The molecule has 6 heteroatoms. The molecule has 0 fully saturated rings. The standard InChI is InChI=1S/C16H18N2O4/c1-20-12-7-9(8-13(21-2)15(12)22-3)10-5-4-6-11(14(10)17)16(18)19/h4-8H,17H2,1-3H3,(H2,18,19). The zero-order valence-corrected chi connectivity index (χ0v) is 12.7. The highest BCUT2D eigenvalue weighted by Crippen LogP contribution is 2.42. The highest BCUT2D eigenvalue weighted by atomic mass is 16.5. The average Bonchev–Trinajstić information content (AvgIpc) is 2.53. The van der Waals surface area contributed by atoms with Gasteiger partial charge in [0.2, 0.25) is 5.75 Å². The Hall–Kier alpha value is -2.89. The van der Waals surface area contributed by atoms with Gasteiger partial charge in [0.1, 0.15) is 0 Å². The van der Waals surface area contributed by atoms with Gasteiger partial charge in [0, 0.05) is 5.56 Å². The topological polar surface area (TPSA) is 96.8 Å². The zero-order valence-electron chi connectivity index (χ0n) is 12.7. The van der Waals surface area contributed by atoms with Gasteiger partial charge in [-0.1, -0.05) is 12.1 Å². The Kier molecular flexibility index (Phi) is 4.41. The molecule has 2 rings (SSSR count). The zero-order chi connectivity index (χ0) is 16.3. The molecule has 22 heavy (non-hydrogen) atoms. The third kappa shape index (κ3) is 2.63. The number of carbonyl (C=O) groups excluding carboxylic acids is 1. The van der Waals surface area contributed by atoms with Gasteiger partial charge < -0.3 is 25.7 Å². The predicted molar refractivity (Wildman–Crippen MR) is 84.5 cm³/mol. The van der Waals surface area contributed by atoms with Crippen LogP contribution in [0.2, 0.25) is 0 Å². The largest absolute Gasteiger partial charge is 0.493 e. The molecule has 2 aromatic carbocycles. The van der Waals surface area contributed by atoms with Crippen LogP contribution in [-0.4, -0.2) is 27.2 Å². The predicted octanol–water partition coefficient (Wildman–Crippen LogP) is 2.06. The van der Waals surface area contributed by atoms with Crippen molar-refractivity contribution in [3.8, 4) is 28.4 Å². The van der Waals surface area contributed by atoms with Crippen LogP contribution in [0.1, 0.15) is 10.4 Å². The van der Waals surface area contributed by atoms with Gasteiger partial charge in [-0.15, -0.1) is 0 Å². The van der Waals surface area contributed by atoms with Crippen molar-refractivity contribution in [3.63, 3.8) is 0 Å². The summed E-state index contributed by atoms with van der Waals surface area (Å²) < 4.78 is 15.9. The average molecular weight is 302 g/mol. The SMILES string of the molecule is COc1cc(-c2cccc(C(N)=O)c2N)cc(OC)c1OC. The summed E-state index contributed by atoms with van der Waals surface area (Å²) in [6.07, 6.45) is 0. The Morgan fingerprint density at radius 1 is 1.00 bits per heavy atom. The van der Waals surface area contributed by atoms with Crippen molar-refractivity contribution in [2.45, 2.75) is 0 Å². The lowest BCUT2D eigenvalue weighted by Gasteiger charge is -2.15. The van der Waals surface area contributed by atoms with E-state index in [2.05, 4.69) is 0 Å². The maximum atomic E-state index is 11.4. The number of rotatable bonds is 5. The molecule has 1 amide bonds. The molecule has 0 bridgehead atoms. The fraction of sp³-hybridized carbons (Fsp3) is 0.188. The number of para-hydroxylation sites is 1. The second-order valence-corrected chi connectivity index (χ2v) is 4.55. The van der Waals surface area contributed by atoms with Crippen LogP contribution >= 0.6 is 0 Å². The van der Waals surface area contributed by atoms with Crippen molar-refractivity contribution >= 4 is 11.6 Å². The Labute approximate surface area is 128 Å². The normalized spacial score (nSPS) is 10.1. The van der Waals surface area contributed by atoms with Crippen LogP contribution in [0, 0.1) is 0 Å². The molecule has 0 heterocycles. The number of primary amides is 1. The number of anilines is 1. The molecule has 0 aliphatic rings. The Balaban J connectivity index is 2.68. The molecule has 0 saturated carbocycles. The highest BCUT2D eigenvalue weighted by Gasteiger charge is 2.17. The quantitative estimate of drug-likeness (QED) is 0.824. The number of hydrogen-bond donors (Lipinski definition) is 2. The Bertz CT molecular complexity index is 688. The van der Waals surface area contributed by atoms with Crippen LogP contribution < -0.4 is 25.7 Å². The lowest BCUT2D eigenvalue weighted by atomic mass is 9.99. The van der Waals surface area contributed by atoms with Crippen LogP contribution in [-0.2, 0) is 0 Å². The summed E-state index contributed by atoms with van der Waals surface area (Å²) in [5.41, 5.74) is 13.4. The first-order valence-electron chi connectivity index (χ1n) is 6.52. The van der Waals surface area contributed by atoms with Crippen molar-refractivity contribution in [3.05, 3.63) is 35.9 Å². The number of nitrogens with two attached hydrogens (primary N) is 2. The Morgan fingerprint density at radius 2 is 1.59 bits per heavy atom. The van der Waals surface area contributed by atoms with Crippen LogP contribution in [0.15, 0.2) is 30.3 Å². The molecule has 6 nitrogen and oxygen atoms in total. The van der Waals surface area contributed by atoms with E-state index < -0.39 is 5.91 Å². The molecule has 0 radical (unpaired) electrons. The van der Waals surface area contributed by atoms with E-state index >= 15 is 0 Å². The third-order valence-electron chi connectivity index (χ3n) is 3.35. The van der Waals surface area contributed by atoms with Gasteiger partial charge in [0.05, 0.1) is 32.6 Å². The summed E-state index contributed by atoms with van der Waals surface area (Å²) in [6, 6.07) is 8.62. The molecule has 2 aromatic rings. The number of ether oxygens (including phenoxy) is 3. The summed E-state index contributed by atoms with van der Waals surface area (Å²) >= 11 is 0. The van der Waals surface area contributed by atoms with Gasteiger partial charge >= 0.3 is 0 Å². The molecule has 0 atom stereocenters. The lowest BCUT2D eigenvalue weighted by molar-refractivity contribution is 0.100. The molecule has 4 N–H and O–H groups in total. The van der Waals surface area contributed by atoms with E-state index in [9.17, 15) is 4.79 Å². The number of carbonyl (C=O) groups is 1. The smallest absolute Gasteiger partial charge is 0.250 e. The van der Waals surface area contributed by atoms with Gasteiger partial charge in [0.25, 0.3) is 5.91 Å². The molecule has 0 spiro atoms. The number of amides is 1. The summed E-state index contributed by atoms with van der Waals surface area (Å²) in [5.74, 6) is 0.909. The molecular formula is C16H18N2O4. The lowest BCUT2D eigenvalue weighted by Crippen LogP contribution is -2.13. The summed E-state index contributed by atoms with van der Waals surface area (Å²) in [7, 11) is 4.59. The maximum Gasteiger partial charge on any atom is 0.250 e. The fourth-order valence-electron chi connectivity index (χ4n) is 2.27. The van der Waals surface area contributed by atoms with Crippen LogP contribution in [0.4, 0.5) is 5.69 Å². The minimum Gasteiger partial charge on any atom is -0.493 e. The first kappa shape index (κ1) is 15.5. The van der Waals surface area contributed by atoms with E-state index in [0.29, 0.717) is 28.5 Å². The van der Waals surface area contributed by atoms with E-state index in [4.69, 9.17) is 25.7 Å². The highest BCUT2D eigenvalue weighted by molar-refractivity contribution is 6.01. The van der Waals surface area contributed by atoms with Crippen molar-refractivity contribution in [1.82, 2.24) is 0 Å². The summed E-state index contributed by atoms with van der Waals surface area (Å²) in [4.78, 5) is 11.4. The van der Waals surface area contributed by atoms with Crippen molar-refractivity contribution in [1.29, 1.82) is 0 Å². The molecule has 0 aliphatic heterocycles. The molecule has 0 aromatic heterocycles. The second kappa shape index (κ2) is 6.26. The minimum absolute atomic E-state index is 0.270. The van der Waals surface area contributed by atoms with Crippen LogP contribution in [0.5, 0.6) is 17.2 Å². The van der Waals surface area contributed by atoms with E-state index in [1.54, 1.807) is 30.3 Å². The summed E-state index contributed by atoms with van der Waals surface area (Å²) in [5, 5.41) is 0. The van der Waals surface area contributed by atoms with Gasteiger partial charge in [-0.05, 0) is 23.8 Å². The van der Waals surface area contributed by atoms with E-state index in [0.717, 1.165) is 5.56 Å². The van der Waals surface area contributed by atoms with Crippen molar-refractivity contribution in [2.24, 2.45) is 5.73 Å². The van der Waals surface area contributed by atoms with Crippen molar-refractivity contribution < 1.29 is 19.0 Å². The fourth-order valence-corrected chi connectivity index (χ4v) is 2.27. The second-order valence-electron chi connectivity index (χ2n) is 4.55. The number of methoxy groups -OCH3 is 3. The number of nitrogen functional groups attached to an aromatic ring is 1. The van der Waals surface area contributed by atoms with E-state index in [1.807, 2.05) is 0 Å². The van der Waals surface area contributed by atoms with E-state index in [1.165, 1.54) is 21.3 Å². The molecular weight excluding hydrogens is 284 g/mol. The van der Waals surface area contributed by atoms with Crippen molar-refractivity contribution in [2.75, 3.05) is 27.1 Å². The first-order valence-corrected chi connectivity index (χ1v) is 6.52. The van der Waals surface area contributed by atoms with Gasteiger partial charge in [-0.25, -0.2) is 0 Å². The maximum absolute atomic E-state index is 11.4.